The largest absolute Gasteiger partial charge is 0.399 e. The van der Waals surface area contributed by atoms with Crippen LogP contribution in [0.5, 0.6) is 0 Å². The number of ether oxygens (including phenoxy) is 2. The van der Waals surface area contributed by atoms with Crippen molar-refractivity contribution in [1.29, 1.82) is 0 Å². The van der Waals surface area contributed by atoms with Crippen LogP contribution >= 0.6 is 0 Å². The maximum Gasteiger partial charge on any atom is 0.0614 e. The van der Waals surface area contributed by atoms with Gasteiger partial charge >= 0.3 is 0 Å². The van der Waals surface area contributed by atoms with Crippen LogP contribution in [0.15, 0.2) is 36.4 Å². The zero-order valence-corrected chi connectivity index (χ0v) is 51.3. The molecule has 18 atom stereocenters. The summed E-state index contributed by atoms with van der Waals surface area (Å²) >= 11 is 0. The maximum atomic E-state index is 6.95. The predicted molar refractivity (Wildman–Crippen MR) is 328 cm³/mol. The van der Waals surface area contributed by atoms with Crippen LogP contribution < -0.4 is 22.9 Å². The summed E-state index contributed by atoms with van der Waals surface area (Å²) in [7, 11) is 0. The zero-order chi connectivity index (χ0) is 54.9. The maximum absolute atomic E-state index is 6.95. The van der Waals surface area contributed by atoms with E-state index in [9.17, 15) is 0 Å². The number of hydrogen-bond donors (Lipinski definition) is 4. The summed E-state index contributed by atoms with van der Waals surface area (Å²) in [6.45, 7) is 27.1. The highest BCUT2D eigenvalue weighted by Gasteiger charge is 2.64. The SMILES string of the molecule is CC(C)CCC[C@@H](C)[C@H]1C(OCCCc2ccc(N)cc2N)C[C@H]2[C@@H]3CCC4CCCC[C@]4(C)[C@H]3CC[C@]12C.CC(C)CCC[C@@H](C)[C@H]1C(OCCc2ccc(N)cc2N)C[C@H]2[C@@H]3CCC4CCCC[C@]4(C)[C@H]3CC[C@]12C. The molecule has 8 saturated carbocycles. The molecule has 0 heterocycles. The third kappa shape index (κ3) is 12.4. The van der Waals surface area contributed by atoms with E-state index in [0.29, 0.717) is 45.7 Å². The van der Waals surface area contributed by atoms with E-state index in [2.05, 4.69) is 81.4 Å². The minimum Gasteiger partial charge on any atom is -0.399 e. The Labute approximate surface area is 473 Å². The number of aryl methyl sites for hydroxylation is 1. The highest BCUT2D eigenvalue weighted by atomic mass is 16.5. The topological polar surface area (TPSA) is 123 Å². The molecule has 2 aromatic carbocycles. The molecule has 0 saturated heterocycles. The number of nitrogens with two attached hydrogens (primary N) is 4. The van der Waals surface area contributed by atoms with Crippen LogP contribution in [0.2, 0.25) is 0 Å². The van der Waals surface area contributed by atoms with Crippen molar-refractivity contribution in [2.75, 3.05) is 36.1 Å². The fourth-order valence-corrected chi connectivity index (χ4v) is 21.6. The Kier molecular flexibility index (Phi) is 19.2. The van der Waals surface area contributed by atoms with Gasteiger partial charge in [0, 0.05) is 29.4 Å². The van der Waals surface area contributed by atoms with E-state index >= 15 is 0 Å². The number of hydrogen-bond acceptors (Lipinski definition) is 6. The quantitative estimate of drug-likeness (QED) is 0.0821. The molecule has 8 fully saturated rings. The third-order valence-electron chi connectivity index (χ3n) is 25.4. The van der Waals surface area contributed by atoms with Gasteiger partial charge in [0.2, 0.25) is 0 Å². The van der Waals surface area contributed by atoms with Crippen LogP contribution in [-0.2, 0) is 22.3 Å². The first-order chi connectivity index (χ1) is 36.8. The smallest absolute Gasteiger partial charge is 0.0614 e. The van der Waals surface area contributed by atoms with Crippen molar-refractivity contribution in [2.45, 2.75) is 255 Å². The molecule has 0 radical (unpaired) electrons. The average Bonchev–Trinajstić information content (AvgIpc) is 4.09. The van der Waals surface area contributed by atoms with E-state index < -0.39 is 0 Å². The van der Waals surface area contributed by atoms with E-state index in [-0.39, 0.29) is 0 Å². The molecule has 0 bridgehead atoms. The van der Waals surface area contributed by atoms with Crippen molar-refractivity contribution in [3.63, 3.8) is 0 Å². The highest BCUT2D eigenvalue weighted by Crippen LogP contribution is 2.71. The summed E-state index contributed by atoms with van der Waals surface area (Å²) in [6, 6.07) is 11.9. The van der Waals surface area contributed by atoms with E-state index in [1.807, 2.05) is 24.3 Å². The molecule has 0 amide bonds. The van der Waals surface area contributed by atoms with Gasteiger partial charge in [0.15, 0.2) is 0 Å². The van der Waals surface area contributed by atoms with E-state index in [0.717, 1.165) is 126 Å². The van der Waals surface area contributed by atoms with Gasteiger partial charge in [-0.2, -0.15) is 0 Å². The number of rotatable bonds is 19. The molecule has 434 valence electrons. The van der Waals surface area contributed by atoms with Gasteiger partial charge in [-0.15, -0.1) is 0 Å². The molecule has 10 rings (SSSR count). The lowest BCUT2D eigenvalue weighted by molar-refractivity contribution is -0.116. The van der Waals surface area contributed by atoms with Gasteiger partial charge in [-0.25, -0.2) is 0 Å². The molecule has 8 aliphatic carbocycles. The lowest BCUT2D eigenvalue weighted by Gasteiger charge is -2.60. The first-order valence-corrected chi connectivity index (χ1v) is 33.3. The summed E-state index contributed by atoms with van der Waals surface area (Å²) in [5.41, 5.74) is 32.0. The van der Waals surface area contributed by atoms with Crippen molar-refractivity contribution in [3.8, 4) is 0 Å². The second kappa shape index (κ2) is 25.0. The Morgan fingerprint density at radius 2 is 0.896 bits per heavy atom. The van der Waals surface area contributed by atoms with Gasteiger partial charge < -0.3 is 32.4 Å². The van der Waals surface area contributed by atoms with Crippen LogP contribution in [0.3, 0.4) is 0 Å². The third-order valence-corrected chi connectivity index (χ3v) is 25.4. The first-order valence-electron chi connectivity index (χ1n) is 33.3. The number of nitrogen functional groups attached to an aromatic ring is 4. The summed E-state index contributed by atoms with van der Waals surface area (Å²) in [6.07, 6.45) is 38.1. The van der Waals surface area contributed by atoms with Gasteiger partial charge in [-0.1, -0.05) is 146 Å². The molecule has 6 heteroatoms. The van der Waals surface area contributed by atoms with Crippen LogP contribution in [0.4, 0.5) is 22.7 Å². The normalized spacial score (nSPS) is 39.1. The number of benzene rings is 2. The first kappa shape index (κ1) is 59.2. The second-order valence-electron chi connectivity index (χ2n) is 30.6. The van der Waals surface area contributed by atoms with Crippen LogP contribution in [-0.4, -0.2) is 25.4 Å². The molecule has 8 aliphatic rings. The zero-order valence-electron chi connectivity index (χ0n) is 51.3. The van der Waals surface area contributed by atoms with Crippen molar-refractivity contribution in [2.24, 2.45) is 105 Å². The van der Waals surface area contributed by atoms with Gasteiger partial charge in [-0.05, 0) is 249 Å². The Hall–Kier alpha value is -2.44. The van der Waals surface area contributed by atoms with Crippen LogP contribution in [0, 0.1) is 105 Å². The standard InChI is InChI=1S/C36H60N2O.C35H58N2O/c1-24(2)10-8-11-25(3)34-33(39-21-9-12-26-14-16-28(37)22-32(26)38)23-31-29-17-15-27-13-6-7-19-35(27,4)30(29)18-20-36(31,34)5;1-23(2)9-8-10-24(3)33-32(38-20-17-25-12-14-27(36)21-31(25)37)22-30-28-15-13-26-11-6-7-18-34(26,4)29(28)16-19-35(30,33)5/h14,16,22,24-25,27,29-31,33-34H,6-13,15,17-21,23,37-38H2,1-5H3;12,14,21,23-24,26,28-30,32-33H,6-11,13,15-20,22,36-37H2,1-5H3/t25-,27?,29-,30+,31+,33?,34+,35+,36+;24-,26?,28-,29+,30+,32?,33+,34+,35+/m11/s1. The summed E-state index contributed by atoms with van der Waals surface area (Å²) in [5, 5.41) is 0. The molecule has 2 aromatic rings. The summed E-state index contributed by atoms with van der Waals surface area (Å²) in [4.78, 5) is 0. The van der Waals surface area contributed by atoms with E-state index in [4.69, 9.17) is 32.4 Å². The lowest BCUT2D eigenvalue weighted by atomic mass is 9.44. The summed E-state index contributed by atoms with van der Waals surface area (Å²) in [5.74, 6) is 11.9. The number of fused-ring (bicyclic) bond motifs is 10. The van der Waals surface area contributed by atoms with Crippen molar-refractivity contribution in [1.82, 2.24) is 0 Å². The molecule has 6 nitrogen and oxygen atoms in total. The molecule has 0 spiro atoms. The second-order valence-corrected chi connectivity index (χ2v) is 30.6. The summed E-state index contributed by atoms with van der Waals surface area (Å²) < 4.78 is 13.9. The molecule has 0 aliphatic heterocycles. The lowest BCUT2D eigenvalue weighted by Crippen LogP contribution is -2.53. The van der Waals surface area contributed by atoms with Gasteiger partial charge in [0.05, 0.1) is 18.8 Å². The fraction of sp³-hybridized carbons (Fsp3) is 0.831. The average molecular weight is 1060 g/mol. The minimum absolute atomic E-state index is 0.393. The van der Waals surface area contributed by atoms with Crippen LogP contribution in [0.1, 0.15) is 241 Å². The molecular formula is C71H118N4O2. The molecule has 0 aromatic heterocycles. The predicted octanol–water partition coefficient (Wildman–Crippen LogP) is 18.2. The Morgan fingerprint density at radius 1 is 0.455 bits per heavy atom. The monoisotopic (exact) mass is 1060 g/mol. The van der Waals surface area contributed by atoms with Crippen molar-refractivity contribution >= 4 is 22.7 Å². The molecular weight excluding hydrogens is 941 g/mol. The molecule has 8 N–H and O–H groups in total. The highest BCUT2D eigenvalue weighted by molar-refractivity contribution is 5.57. The van der Waals surface area contributed by atoms with Gasteiger partial charge in [-0.3, -0.25) is 0 Å². The van der Waals surface area contributed by atoms with Gasteiger partial charge in [0.1, 0.15) is 0 Å². The van der Waals surface area contributed by atoms with Gasteiger partial charge in [0.25, 0.3) is 0 Å². The number of anilines is 4. The van der Waals surface area contributed by atoms with Crippen LogP contribution in [0.25, 0.3) is 0 Å². The van der Waals surface area contributed by atoms with Crippen molar-refractivity contribution in [3.05, 3.63) is 47.5 Å². The Morgan fingerprint density at radius 3 is 1.34 bits per heavy atom. The Bertz CT molecular complexity index is 2210. The Balaban J connectivity index is 0.000000188. The van der Waals surface area contributed by atoms with E-state index in [1.54, 1.807) is 0 Å². The minimum atomic E-state index is 0.393. The van der Waals surface area contributed by atoms with E-state index in [1.165, 1.54) is 165 Å². The van der Waals surface area contributed by atoms with Crippen molar-refractivity contribution < 1.29 is 9.47 Å². The fourth-order valence-electron chi connectivity index (χ4n) is 21.6. The molecule has 77 heavy (non-hydrogen) atoms. The molecule has 4 unspecified atom stereocenters.